The summed E-state index contributed by atoms with van der Waals surface area (Å²) in [6.07, 6.45) is 4.84. The van der Waals surface area contributed by atoms with E-state index in [1.807, 2.05) is 0 Å². The average Bonchev–Trinajstić information content (AvgIpc) is 2.63. The van der Waals surface area contributed by atoms with Crippen LogP contribution < -0.4 is 5.32 Å². The Balaban J connectivity index is 2.10. The number of carbonyl (C=O) groups is 1. The van der Waals surface area contributed by atoms with Crippen molar-refractivity contribution in [2.24, 2.45) is 0 Å². The number of hydrogen-bond acceptors (Lipinski definition) is 2. The van der Waals surface area contributed by atoms with Crippen molar-refractivity contribution >= 4 is 38.4 Å². The van der Waals surface area contributed by atoms with Crippen LogP contribution >= 0.6 is 15.9 Å². The van der Waals surface area contributed by atoms with Gasteiger partial charge in [-0.15, -0.1) is 0 Å². The molecule has 3 nitrogen and oxygen atoms in total. The summed E-state index contributed by atoms with van der Waals surface area (Å²) in [4.78, 5) is 16.8. The number of pyridine rings is 1. The molecule has 1 aromatic heterocycles. The zero-order valence-electron chi connectivity index (χ0n) is 10.6. The zero-order valence-corrected chi connectivity index (χ0v) is 12.2. The molecule has 1 amide bonds. The van der Waals surface area contributed by atoms with E-state index in [4.69, 9.17) is 0 Å². The lowest BCUT2D eigenvalue weighted by Gasteiger charge is -2.36. The lowest BCUT2D eigenvalue weighted by molar-refractivity contribution is -0.123. The molecule has 1 fully saturated rings. The predicted octanol–water partition coefficient (Wildman–Crippen LogP) is 3.68. The molecule has 1 N–H and O–H groups in total. The Morgan fingerprint density at radius 3 is 2.84 bits per heavy atom. The van der Waals surface area contributed by atoms with E-state index in [1.54, 1.807) is 6.20 Å². The van der Waals surface area contributed by atoms with Gasteiger partial charge in [0.05, 0.1) is 22.8 Å². The summed E-state index contributed by atoms with van der Waals surface area (Å²) in [5.41, 5.74) is 3.91. The minimum absolute atomic E-state index is 0.153. The zero-order chi connectivity index (χ0) is 13.2. The lowest BCUT2D eigenvalue weighted by Crippen LogP contribution is -2.40. The predicted molar refractivity (Wildman–Crippen MR) is 78.3 cm³/mol. The summed E-state index contributed by atoms with van der Waals surface area (Å²) in [6, 6.07) is 4.19. The molecule has 2 heterocycles. The second-order valence-electron chi connectivity index (χ2n) is 5.56. The third kappa shape index (κ3) is 1.32. The quantitative estimate of drug-likeness (QED) is 0.805. The summed E-state index contributed by atoms with van der Waals surface area (Å²) in [6.45, 7) is 2.06. The number of aryl methyl sites for hydroxylation is 1. The Morgan fingerprint density at radius 1 is 1.37 bits per heavy atom. The van der Waals surface area contributed by atoms with Crippen molar-refractivity contribution in [2.45, 2.75) is 31.6 Å². The summed E-state index contributed by atoms with van der Waals surface area (Å²) in [5, 5.41) is 4.10. The molecule has 1 aromatic carbocycles. The number of hydrogen-bond donors (Lipinski definition) is 1. The summed E-state index contributed by atoms with van der Waals surface area (Å²) >= 11 is 3.58. The van der Waals surface area contributed by atoms with Gasteiger partial charge in [0.15, 0.2) is 0 Å². The van der Waals surface area contributed by atoms with Crippen LogP contribution in [0.25, 0.3) is 10.9 Å². The van der Waals surface area contributed by atoms with Gasteiger partial charge in [-0.2, -0.15) is 0 Å². The molecule has 96 valence electrons. The molecule has 0 atom stereocenters. The SMILES string of the molecule is Cc1cc2ncc3c(c2cc1Br)C1(CCC1)C(=O)N3. The first-order valence-corrected chi connectivity index (χ1v) is 7.32. The molecule has 0 unspecified atom stereocenters. The standard InChI is InChI=1S/C15H13BrN2O/c1-8-5-11-9(6-10(8)16)13-12(7-17-11)18-14(19)15(13)3-2-4-15/h5-7H,2-4H2,1H3,(H,18,19). The van der Waals surface area contributed by atoms with Crippen molar-refractivity contribution in [3.63, 3.8) is 0 Å². The smallest absolute Gasteiger partial charge is 0.235 e. The first-order chi connectivity index (χ1) is 9.12. The Bertz CT molecular complexity index is 734. The third-order valence-corrected chi connectivity index (χ3v) is 5.37. The Hall–Kier alpha value is -1.42. The van der Waals surface area contributed by atoms with Gasteiger partial charge in [-0.1, -0.05) is 22.4 Å². The minimum atomic E-state index is -0.286. The van der Waals surface area contributed by atoms with Gasteiger partial charge in [-0.05, 0) is 37.5 Å². The molecule has 4 rings (SSSR count). The number of fused-ring (bicyclic) bond motifs is 4. The Labute approximate surface area is 119 Å². The number of anilines is 1. The van der Waals surface area contributed by atoms with Gasteiger partial charge >= 0.3 is 0 Å². The van der Waals surface area contributed by atoms with Crippen LogP contribution in [0, 0.1) is 6.92 Å². The van der Waals surface area contributed by atoms with E-state index >= 15 is 0 Å². The molecule has 19 heavy (non-hydrogen) atoms. The average molecular weight is 317 g/mol. The molecule has 0 radical (unpaired) electrons. The molecule has 1 aliphatic heterocycles. The van der Waals surface area contributed by atoms with Crippen molar-refractivity contribution in [3.05, 3.63) is 33.9 Å². The van der Waals surface area contributed by atoms with Crippen LogP contribution in [0.2, 0.25) is 0 Å². The molecule has 1 saturated carbocycles. The maximum Gasteiger partial charge on any atom is 0.235 e. The summed E-state index contributed by atoms with van der Waals surface area (Å²) in [5.74, 6) is 0.153. The largest absolute Gasteiger partial charge is 0.324 e. The third-order valence-electron chi connectivity index (χ3n) is 4.52. The number of nitrogens with one attached hydrogen (secondary N) is 1. The van der Waals surface area contributed by atoms with Gasteiger partial charge in [0.2, 0.25) is 5.91 Å². The fourth-order valence-electron chi connectivity index (χ4n) is 3.29. The van der Waals surface area contributed by atoms with E-state index in [0.29, 0.717) is 0 Å². The lowest BCUT2D eigenvalue weighted by atomic mass is 9.64. The van der Waals surface area contributed by atoms with Crippen molar-refractivity contribution in [1.82, 2.24) is 4.98 Å². The number of aromatic nitrogens is 1. The molecular weight excluding hydrogens is 304 g/mol. The van der Waals surface area contributed by atoms with E-state index in [2.05, 4.69) is 45.3 Å². The number of halogens is 1. The highest BCUT2D eigenvalue weighted by atomic mass is 79.9. The maximum atomic E-state index is 12.3. The van der Waals surface area contributed by atoms with Crippen molar-refractivity contribution in [3.8, 4) is 0 Å². The van der Waals surface area contributed by atoms with Crippen LogP contribution in [0.1, 0.15) is 30.4 Å². The maximum absolute atomic E-state index is 12.3. The summed E-state index contributed by atoms with van der Waals surface area (Å²) < 4.78 is 1.07. The van der Waals surface area contributed by atoms with Crippen molar-refractivity contribution in [1.29, 1.82) is 0 Å². The van der Waals surface area contributed by atoms with Crippen LogP contribution in [-0.2, 0) is 10.2 Å². The second kappa shape index (κ2) is 3.57. The summed E-state index contributed by atoms with van der Waals surface area (Å²) in [7, 11) is 0. The van der Waals surface area contributed by atoms with Crippen LogP contribution in [0.3, 0.4) is 0 Å². The van der Waals surface area contributed by atoms with E-state index in [9.17, 15) is 4.79 Å². The van der Waals surface area contributed by atoms with E-state index in [-0.39, 0.29) is 11.3 Å². The molecule has 1 aliphatic carbocycles. The normalized spacial score (nSPS) is 19.4. The van der Waals surface area contributed by atoms with Crippen LogP contribution in [0.5, 0.6) is 0 Å². The van der Waals surface area contributed by atoms with Crippen molar-refractivity contribution in [2.75, 3.05) is 5.32 Å². The molecule has 0 saturated heterocycles. The highest BCUT2D eigenvalue weighted by Gasteiger charge is 2.52. The highest BCUT2D eigenvalue weighted by Crippen LogP contribution is 2.53. The highest BCUT2D eigenvalue weighted by molar-refractivity contribution is 9.10. The molecular formula is C15H13BrN2O. The van der Waals surface area contributed by atoms with Crippen LogP contribution in [-0.4, -0.2) is 10.9 Å². The second-order valence-corrected chi connectivity index (χ2v) is 6.41. The van der Waals surface area contributed by atoms with E-state index in [1.165, 1.54) is 5.56 Å². The van der Waals surface area contributed by atoms with Gasteiger partial charge in [0.25, 0.3) is 0 Å². The molecule has 1 spiro atoms. The van der Waals surface area contributed by atoms with Gasteiger partial charge in [0, 0.05) is 15.4 Å². The molecule has 2 aliphatic rings. The number of rotatable bonds is 0. The van der Waals surface area contributed by atoms with Gasteiger partial charge < -0.3 is 5.32 Å². The number of benzene rings is 1. The fourth-order valence-corrected chi connectivity index (χ4v) is 3.63. The molecule has 4 heteroatoms. The minimum Gasteiger partial charge on any atom is -0.324 e. The molecule has 0 bridgehead atoms. The van der Waals surface area contributed by atoms with E-state index < -0.39 is 0 Å². The first kappa shape index (κ1) is 11.4. The topological polar surface area (TPSA) is 42.0 Å². The van der Waals surface area contributed by atoms with E-state index in [0.717, 1.165) is 45.9 Å². The van der Waals surface area contributed by atoms with Crippen molar-refractivity contribution < 1.29 is 4.79 Å². The first-order valence-electron chi connectivity index (χ1n) is 6.53. The fraction of sp³-hybridized carbons (Fsp3) is 0.333. The van der Waals surface area contributed by atoms with Crippen LogP contribution in [0.4, 0.5) is 5.69 Å². The Kier molecular flexibility index (Phi) is 2.14. The monoisotopic (exact) mass is 316 g/mol. The van der Waals surface area contributed by atoms with Crippen LogP contribution in [0.15, 0.2) is 22.8 Å². The number of nitrogens with zero attached hydrogens (tertiary/aromatic N) is 1. The van der Waals surface area contributed by atoms with Gasteiger partial charge in [-0.3, -0.25) is 9.78 Å². The van der Waals surface area contributed by atoms with Gasteiger partial charge in [-0.25, -0.2) is 0 Å². The number of amides is 1. The Morgan fingerprint density at radius 2 is 2.16 bits per heavy atom. The number of carbonyl (C=O) groups excluding carboxylic acids is 1. The molecule has 2 aromatic rings. The van der Waals surface area contributed by atoms with Gasteiger partial charge in [0.1, 0.15) is 0 Å².